The molecule has 0 atom stereocenters. The van der Waals surface area contributed by atoms with Crippen molar-refractivity contribution in [2.75, 3.05) is 4.90 Å². The molecular weight excluding hydrogens is 687 g/mol. The average Bonchev–Trinajstić information content (AvgIpc) is 3.35. The van der Waals surface area contributed by atoms with Gasteiger partial charge in [0.25, 0.3) is 0 Å². The average molecular weight is 734 g/mol. The van der Waals surface area contributed by atoms with Crippen LogP contribution >= 0.6 is 0 Å². The molecule has 0 bridgehead atoms. The molecular formula is C56H39N. The lowest BCUT2D eigenvalue weighted by Gasteiger charge is -2.26. The molecule has 0 saturated heterocycles. The normalized spacial score (nSPS) is 13.1. The summed E-state index contributed by atoms with van der Waals surface area (Å²) in [4.78, 5) is 1.36. The quantitative estimate of drug-likeness (QED) is 0.150. The van der Waals surface area contributed by atoms with Gasteiger partial charge < -0.3 is 4.90 Å². The van der Waals surface area contributed by atoms with Crippen molar-refractivity contribution in [2.45, 2.75) is 0 Å². The lowest BCUT2D eigenvalue weighted by atomic mass is 9.89. The topological polar surface area (TPSA) is 3.24 Å². The third kappa shape index (κ3) is 6.77. The summed E-state index contributed by atoms with van der Waals surface area (Å²) in [5.41, 5.74) is 6.54. The Morgan fingerprint density at radius 3 is 1.40 bits per heavy atom. The van der Waals surface area contributed by atoms with Gasteiger partial charge in [0.15, 0.2) is 0 Å². The fourth-order valence-electron chi connectivity index (χ4n) is 7.51. The van der Waals surface area contributed by atoms with Gasteiger partial charge in [-0.15, -0.1) is 0 Å². The van der Waals surface area contributed by atoms with Gasteiger partial charge in [-0.05, 0) is 120 Å². The van der Waals surface area contributed by atoms with Gasteiger partial charge in [-0.1, -0.05) is 194 Å². The number of rotatable bonds is 8. The maximum atomic E-state index is 9.72. The van der Waals surface area contributed by atoms with Crippen LogP contribution in [0.3, 0.4) is 0 Å². The summed E-state index contributed by atoms with van der Waals surface area (Å²) < 4.78 is 76.8. The van der Waals surface area contributed by atoms with Crippen LogP contribution in [-0.2, 0) is 0 Å². The van der Waals surface area contributed by atoms with Crippen molar-refractivity contribution in [3.05, 3.63) is 236 Å². The smallest absolute Gasteiger partial charge is 0.0645 e. The van der Waals surface area contributed by atoms with Crippen LogP contribution in [0.25, 0.3) is 77.2 Å². The monoisotopic (exact) mass is 733 g/mol. The molecule has 1 heteroatoms. The molecule has 268 valence electrons. The lowest BCUT2D eigenvalue weighted by molar-refractivity contribution is 1.28. The highest BCUT2D eigenvalue weighted by molar-refractivity contribution is 6.04. The third-order valence-electron chi connectivity index (χ3n) is 10.4. The Hall–Kier alpha value is -7.48. The van der Waals surface area contributed by atoms with E-state index < -0.39 is 24.2 Å². The minimum Gasteiger partial charge on any atom is -0.311 e. The summed E-state index contributed by atoms with van der Waals surface area (Å²) in [6.07, 6.45) is 0. The molecule has 1 nitrogen and oxygen atoms in total. The number of fused-ring (bicyclic) bond motifs is 2. The Morgan fingerprint density at radius 2 is 0.737 bits per heavy atom. The van der Waals surface area contributed by atoms with E-state index in [0.29, 0.717) is 16.8 Å². The van der Waals surface area contributed by atoms with Crippen molar-refractivity contribution in [1.29, 1.82) is 0 Å². The zero-order chi connectivity index (χ0) is 44.9. The molecule has 10 rings (SSSR count). The van der Waals surface area contributed by atoms with Gasteiger partial charge >= 0.3 is 0 Å². The van der Waals surface area contributed by atoms with Gasteiger partial charge in [0.1, 0.15) is 0 Å². The van der Waals surface area contributed by atoms with Gasteiger partial charge in [-0.3, -0.25) is 0 Å². The molecule has 0 aromatic heterocycles. The van der Waals surface area contributed by atoms with Crippen molar-refractivity contribution >= 4 is 38.6 Å². The van der Waals surface area contributed by atoms with Crippen LogP contribution in [0.5, 0.6) is 0 Å². The molecule has 10 aromatic rings. The molecule has 0 heterocycles. The highest BCUT2D eigenvalue weighted by Gasteiger charge is 2.16. The number of hydrogen-bond acceptors (Lipinski definition) is 1. The van der Waals surface area contributed by atoms with E-state index in [1.807, 2.05) is 140 Å². The predicted molar refractivity (Wildman–Crippen MR) is 243 cm³/mol. The van der Waals surface area contributed by atoms with Gasteiger partial charge in [-0.25, -0.2) is 0 Å². The van der Waals surface area contributed by atoms with Crippen LogP contribution in [0.2, 0.25) is 0 Å². The Kier molecular flexibility index (Phi) is 6.92. The highest BCUT2D eigenvalue weighted by Crippen LogP contribution is 2.41. The molecule has 0 saturated carbocycles. The Balaban J connectivity index is 1.16. The summed E-state index contributed by atoms with van der Waals surface area (Å²) >= 11 is 0. The van der Waals surface area contributed by atoms with E-state index in [2.05, 4.69) is 24.3 Å². The van der Waals surface area contributed by atoms with Crippen molar-refractivity contribution in [1.82, 2.24) is 0 Å². The molecule has 0 aliphatic rings. The van der Waals surface area contributed by atoms with Gasteiger partial charge in [0, 0.05) is 17.1 Å². The van der Waals surface area contributed by atoms with Crippen LogP contribution in [-0.4, -0.2) is 0 Å². The summed E-state index contributed by atoms with van der Waals surface area (Å²) in [7, 11) is 0. The Bertz CT molecular complexity index is 3390. The second-order valence-electron chi connectivity index (χ2n) is 13.9. The first-order chi connectivity index (χ1) is 31.6. The number of benzene rings is 10. The third-order valence-corrected chi connectivity index (χ3v) is 10.4. The molecule has 0 aliphatic carbocycles. The van der Waals surface area contributed by atoms with E-state index in [-0.39, 0.29) is 46.7 Å². The number of anilines is 3. The Labute approximate surface area is 345 Å². The standard InChI is InChI=1S/C56H39N/c1-3-11-40(12-4-1)43-25-32-51(33-26-43)57(52-34-27-44(28-35-52)42-19-21-45(22-20-42)50-24-23-41-13-7-8-17-49(41)39-50)53-36-29-48(30-37-53)56-54-18-10-9-16-47(54)31-38-55(56)46-14-5-2-6-15-46/h1-39H/i27D,28D,29D,30D,34D,35D,36D,37D. The number of hydrogen-bond donors (Lipinski definition) is 0. The van der Waals surface area contributed by atoms with Crippen LogP contribution in [0.15, 0.2) is 236 Å². The first kappa shape index (κ1) is 26.3. The first-order valence-corrected chi connectivity index (χ1v) is 18.9. The zero-order valence-corrected chi connectivity index (χ0v) is 30.8. The zero-order valence-electron chi connectivity index (χ0n) is 38.8. The molecule has 0 radical (unpaired) electrons. The minimum atomic E-state index is -0.398. The fraction of sp³-hybridized carbons (Fsp3) is 0. The van der Waals surface area contributed by atoms with Crippen LogP contribution < -0.4 is 4.90 Å². The molecule has 0 fully saturated rings. The molecule has 0 amide bonds. The van der Waals surface area contributed by atoms with E-state index in [4.69, 9.17) is 0 Å². The van der Waals surface area contributed by atoms with Crippen molar-refractivity contribution in [2.24, 2.45) is 0 Å². The van der Waals surface area contributed by atoms with E-state index in [1.165, 1.54) is 4.90 Å². The molecule has 0 aliphatic heterocycles. The predicted octanol–water partition coefficient (Wildman–Crippen LogP) is 15.8. The van der Waals surface area contributed by atoms with Crippen LogP contribution in [0.4, 0.5) is 17.1 Å². The van der Waals surface area contributed by atoms with Gasteiger partial charge in [-0.2, -0.15) is 0 Å². The number of nitrogens with zero attached hydrogens (tertiary/aromatic N) is 1. The summed E-state index contributed by atoms with van der Waals surface area (Å²) in [5.74, 6) is 0. The highest BCUT2D eigenvalue weighted by atomic mass is 15.1. The fourth-order valence-corrected chi connectivity index (χ4v) is 7.51. The van der Waals surface area contributed by atoms with Gasteiger partial charge in [0.05, 0.1) is 11.0 Å². The maximum absolute atomic E-state index is 9.72. The molecule has 0 N–H and O–H groups in total. The van der Waals surface area contributed by atoms with Gasteiger partial charge in [0.2, 0.25) is 0 Å². The summed E-state index contributed by atoms with van der Waals surface area (Å²) in [6.45, 7) is 0. The summed E-state index contributed by atoms with van der Waals surface area (Å²) in [6, 6.07) is 57.1. The van der Waals surface area contributed by atoms with E-state index in [0.717, 1.165) is 54.9 Å². The van der Waals surface area contributed by atoms with E-state index in [9.17, 15) is 11.0 Å². The lowest BCUT2D eigenvalue weighted by Crippen LogP contribution is -2.09. The largest absolute Gasteiger partial charge is 0.311 e. The molecule has 10 aromatic carbocycles. The minimum absolute atomic E-state index is 0.104. The van der Waals surface area contributed by atoms with E-state index in [1.54, 1.807) is 24.3 Å². The van der Waals surface area contributed by atoms with Crippen molar-refractivity contribution in [3.63, 3.8) is 0 Å². The van der Waals surface area contributed by atoms with Crippen LogP contribution in [0.1, 0.15) is 11.0 Å². The van der Waals surface area contributed by atoms with Crippen molar-refractivity contribution in [3.8, 4) is 55.6 Å². The Morgan fingerprint density at radius 1 is 0.281 bits per heavy atom. The maximum Gasteiger partial charge on any atom is 0.0645 e. The molecule has 57 heavy (non-hydrogen) atoms. The molecule has 0 spiro atoms. The van der Waals surface area contributed by atoms with Crippen molar-refractivity contribution < 1.29 is 11.0 Å². The second kappa shape index (κ2) is 15.0. The molecule has 0 unspecified atom stereocenters. The van der Waals surface area contributed by atoms with Crippen LogP contribution in [0, 0.1) is 0 Å². The van der Waals surface area contributed by atoms with E-state index >= 15 is 0 Å². The summed E-state index contributed by atoms with van der Waals surface area (Å²) in [5, 5.41) is 3.86. The second-order valence-corrected chi connectivity index (χ2v) is 13.9. The SMILES string of the molecule is [2H]c1c([2H])c(N(c2ccc(-c3ccccc3)cc2)c2c([2H])c([2H])c(-c3c(-c4ccccc4)ccc4ccccc34)c([2H])c2[2H])c([2H])c([2H])c1-c1ccc(-c2ccc3ccccc3c2)cc1. The first-order valence-electron chi connectivity index (χ1n) is 22.9.